The number of amides is 1. The number of hydrogen-bond acceptors (Lipinski definition) is 5. The Morgan fingerprint density at radius 1 is 1.47 bits per heavy atom. The number of thiazole rings is 1. The third-order valence-electron chi connectivity index (χ3n) is 3.33. The summed E-state index contributed by atoms with van der Waals surface area (Å²) in [6, 6.07) is 0. The maximum absolute atomic E-state index is 12.1. The fraction of sp³-hybridized carbons (Fsp3) is 0.692. The third kappa shape index (κ3) is 4.09. The van der Waals surface area contributed by atoms with Crippen molar-refractivity contribution in [3.63, 3.8) is 0 Å². The minimum atomic E-state index is -0.132. The number of nitrogens with two attached hydrogens (primary N) is 1. The van der Waals surface area contributed by atoms with Gasteiger partial charge in [0, 0.05) is 20.1 Å². The molecule has 0 aromatic carbocycles. The van der Waals surface area contributed by atoms with Crippen molar-refractivity contribution in [1.29, 1.82) is 0 Å². The highest BCUT2D eigenvalue weighted by molar-refractivity contribution is 7.18. The van der Waals surface area contributed by atoms with Crippen LogP contribution in [0.5, 0.6) is 0 Å². The molecule has 1 amide bonds. The molecule has 0 aliphatic heterocycles. The first-order valence-electron chi connectivity index (χ1n) is 6.56. The normalized spacial score (nSPS) is 11.4. The van der Waals surface area contributed by atoms with Crippen LogP contribution in [-0.2, 0) is 0 Å². The molecule has 108 valence electrons. The third-order valence-corrected chi connectivity index (χ3v) is 4.52. The molecule has 0 bridgehead atoms. The van der Waals surface area contributed by atoms with Gasteiger partial charge in [-0.15, -0.1) is 0 Å². The molecular formula is C13H24N4OS. The zero-order chi connectivity index (χ0) is 14.6. The number of nitrogen functional groups attached to an aromatic ring is 1. The monoisotopic (exact) mass is 284 g/mol. The van der Waals surface area contributed by atoms with E-state index in [1.54, 1.807) is 0 Å². The van der Waals surface area contributed by atoms with Crippen LogP contribution in [0.4, 0.5) is 10.9 Å². The molecule has 0 radical (unpaired) electrons. The lowest BCUT2D eigenvalue weighted by Crippen LogP contribution is -2.33. The van der Waals surface area contributed by atoms with Crippen molar-refractivity contribution < 1.29 is 4.79 Å². The molecule has 0 saturated carbocycles. The average Bonchev–Trinajstić information content (AvgIpc) is 2.77. The summed E-state index contributed by atoms with van der Waals surface area (Å²) in [7, 11) is 1.93. The van der Waals surface area contributed by atoms with Gasteiger partial charge in [0.15, 0.2) is 5.13 Å². The second-order valence-electron chi connectivity index (χ2n) is 5.43. The standard InChI is InChI=1S/C13H24N4OS/c1-6-13(3,4)8-15-11(18)9-10(14)16-12(19-9)17(5)7-2/h6-8,14H2,1-5H3,(H,15,18). The Bertz CT molecular complexity index is 442. The van der Waals surface area contributed by atoms with Crippen molar-refractivity contribution in [1.82, 2.24) is 10.3 Å². The Hall–Kier alpha value is -1.30. The number of anilines is 2. The highest BCUT2D eigenvalue weighted by atomic mass is 32.1. The van der Waals surface area contributed by atoms with E-state index in [2.05, 4.69) is 31.1 Å². The van der Waals surface area contributed by atoms with Crippen LogP contribution in [0.2, 0.25) is 0 Å². The molecule has 0 spiro atoms. The zero-order valence-electron chi connectivity index (χ0n) is 12.4. The van der Waals surface area contributed by atoms with Gasteiger partial charge >= 0.3 is 0 Å². The summed E-state index contributed by atoms with van der Waals surface area (Å²) in [6.07, 6.45) is 1.01. The van der Waals surface area contributed by atoms with E-state index in [0.29, 0.717) is 17.2 Å². The SMILES string of the molecule is CCN(C)c1nc(N)c(C(=O)NCC(C)(C)CC)s1. The van der Waals surface area contributed by atoms with Crippen LogP contribution in [0.15, 0.2) is 0 Å². The molecule has 19 heavy (non-hydrogen) atoms. The summed E-state index contributed by atoms with van der Waals surface area (Å²) < 4.78 is 0. The summed E-state index contributed by atoms with van der Waals surface area (Å²) in [5.74, 6) is 0.180. The van der Waals surface area contributed by atoms with Crippen molar-refractivity contribution in [2.75, 3.05) is 30.8 Å². The summed E-state index contributed by atoms with van der Waals surface area (Å²) in [4.78, 5) is 18.8. The Kier molecular flexibility index (Phi) is 5.17. The van der Waals surface area contributed by atoms with Crippen LogP contribution in [0.1, 0.15) is 43.8 Å². The number of carbonyl (C=O) groups excluding carboxylic acids is 1. The maximum Gasteiger partial charge on any atom is 0.265 e. The Labute approximate surface area is 119 Å². The Morgan fingerprint density at radius 3 is 2.63 bits per heavy atom. The van der Waals surface area contributed by atoms with Crippen molar-refractivity contribution in [3.05, 3.63) is 4.88 Å². The van der Waals surface area contributed by atoms with E-state index in [4.69, 9.17) is 5.73 Å². The Balaban J connectivity index is 2.75. The second kappa shape index (κ2) is 6.23. The van der Waals surface area contributed by atoms with Crippen molar-refractivity contribution >= 4 is 28.2 Å². The van der Waals surface area contributed by atoms with E-state index in [1.807, 2.05) is 18.9 Å². The molecule has 1 aromatic heterocycles. The molecule has 3 N–H and O–H groups in total. The van der Waals surface area contributed by atoms with Gasteiger partial charge in [0.2, 0.25) is 0 Å². The van der Waals surface area contributed by atoms with Crippen LogP contribution in [0.25, 0.3) is 0 Å². The lowest BCUT2D eigenvalue weighted by Gasteiger charge is -2.22. The van der Waals surface area contributed by atoms with Gasteiger partial charge in [-0.05, 0) is 18.8 Å². The van der Waals surface area contributed by atoms with E-state index < -0.39 is 0 Å². The average molecular weight is 284 g/mol. The maximum atomic E-state index is 12.1. The molecule has 1 aromatic rings. The largest absolute Gasteiger partial charge is 0.382 e. The molecule has 0 atom stereocenters. The van der Waals surface area contributed by atoms with Crippen LogP contribution in [-0.4, -0.2) is 31.0 Å². The topological polar surface area (TPSA) is 71.2 Å². The fourth-order valence-electron chi connectivity index (χ4n) is 1.31. The lowest BCUT2D eigenvalue weighted by atomic mass is 9.90. The number of aromatic nitrogens is 1. The highest BCUT2D eigenvalue weighted by Gasteiger charge is 2.21. The molecule has 0 aliphatic carbocycles. The first kappa shape index (κ1) is 15.8. The molecule has 5 nitrogen and oxygen atoms in total. The summed E-state index contributed by atoms with van der Waals surface area (Å²) in [6.45, 7) is 9.86. The van der Waals surface area contributed by atoms with E-state index in [9.17, 15) is 4.79 Å². The van der Waals surface area contributed by atoms with Crippen LogP contribution in [0, 0.1) is 5.41 Å². The van der Waals surface area contributed by atoms with Gasteiger partial charge < -0.3 is 16.0 Å². The van der Waals surface area contributed by atoms with Crippen LogP contribution in [0.3, 0.4) is 0 Å². The number of rotatable bonds is 6. The quantitative estimate of drug-likeness (QED) is 0.841. The number of nitrogens with one attached hydrogen (secondary N) is 1. The van der Waals surface area contributed by atoms with Crippen LogP contribution < -0.4 is 16.0 Å². The van der Waals surface area contributed by atoms with Crippen LogP contribution >= 0.6 is 11.3 Å². The molecule has 0 saturated heterocycles. The molecule has 1 rings (SSSR count). The minimum absolute atomic E-state index is 0.0954. The van der Waals surface area contributed by atoms with Gasteiger partial charge in [-0.25, -0.2) is 4.98 Å². The highest BCUT2D eigenvalue weighted by Crippen LogP contribution is 2.27. The van der Waals surface area contributed by atoms with E-state index in [0.717, 1.165) is 18.1 Å². The first-order valence-corrected chi connectivity index (χ1v) is 7.38. The number of nitrogens with zero attached hydrogens (tertiary/aromatic N) is 2. The van der Waals surface area contributed by atoms with Gasteiger partial charge in [0.1, 0.15) is 10.7 Å². The van der Waals surface area contributed by atoms with Crippen molar-refractivity contribution in [2.45, 2.75) is 34.1 Å². The predicted molar refractivity (Wildman–Crippen MR) is 81.9 cm³/mol. The van der Waals surface area contributed by atoms with Crippen molar-refractivity contribution in [2.24, 2.45) is 5.41 Å². The van der Waals surface area contributed by atoms with Crippen molar-refractivity contribution in [3.8, 4) is 0 Å². The number of hydrogen-bond donors (Lipinski definition) is 2. The summed E-state index contributed by atoms with van der Waals surface area (Å²) in [5, 5.41) is 3.71. The molecule has 6 heteroatoms. The lowest BCUT2D eigenvalue weighted by molar-refractivity contribution is 0.0940. The molecular weight excluding hydrogens is 260 g/mol. The molecule has 1 heterocycles. The second-order valence-corrected chi connectivity index (χ2v) is 6.40. The molecule has 0 aliphatic rings. The van der Waals surface area contributed by atoms with Gasteiger partial charge in [-0.3, -0.25) is 4.79 Å². The smallest absolute Gasteiger partial charge is 0.265 e. The van der Waals surface area contributed by atoms with Gasteiger partial charge in [0.25, 0.3) is 5.91 Å². The fourth-order valence-corrected chi connectivity index (χ4v) is 2.23. The predicted octanol–water partition coefficient (Wildman–Crippen LogP) is 2.35. The van der Waals surface area contributed by atoms with Gasteiger partial charge in [0.05, 0.1) is 0 Å². The zero-order valence-corrected chi connectivity index (χ0v) is 13.2. The van der Waals surface area contributed by atoms with E-state index in [-0.39, 0.29) is 11.3 Å². The number of carbonyl (C=O) groups is 1. The van der Waals surface area contributed by atoms with E-state index in [1.165, 1.54) is 11.3 Å². The summed E-state index contributed by atoms with van der Waals surface area (Å²) >= 11 is 1.34. The minimum Gasteiger partial charge on any atom is -0.382 e. The molecule has 0 unspecified atom stereocenters. The Morgan fingerprint density at radius 2 is 2.11 bits per heavy atom. The summed E-state index contributed by atoms with van der Waals surface area (Å²) in [5.41, 5.74) is 5.91. The van der Waals surface area contributed by atoms with Gasteiger partial charge in [-0.2, -0.15) is 0 Å². The van der Waals surface area contributed by atoms with Gasteiger partial charge in [-0.1, -0.05) is 32.1 Å². The van der Waals surface area contributed by atoms with E-state index >= 15 is 0 Å². The first-order chi connectivity index (χ1) is 8.80. The molecule has 0 fully saturated rings.